The minimum absolute atomic E-state index is 0.284. The first-order chi connectivity index (χ1) is 11.2. The van der Waals surface area contributed by atoms with Crippen LogP contribution in [-0.2, 0) is 17.6 Å². The molecule has 2 aliphatic carbocycles. The average Bonchev–Trinajstić information content (AvgIpc) is 2.93. The second kappa shape index (κ2) is 7.15. The molecular formula is C17H24N2O4. The molecule has 1 aromatic heterocycles. The van der Waals surface area contributed by atoms with Crippen LogP contribution in [0.5, 0.6) is 0 Å². The van der Waals surface area contributed by atoms with Crippen LogP contribution in [0.3, 0.4) is 0 Å². The summed E-state index contributed by atoms with van der Waals surface area (Å²) in [7, 11) is 0. The lowest BCUT2D eigenvalue weighted by atomic mass is 9.86. The van der Waals surface area contributed by atoms with Crippen LogP contribution in [0.15, 0.2) is 4.52 Å². The lowest BCUT2D eigenvalue weighted by Gasteiger charge is -2.27. The molecule has 2 aliphatic rings. The molecule has 6 nitrogen and oxygen atoms in total. The zero-order chi connectivity index (χ0) is 16.2. The molecule has 1 heterocycles. The van der Waals surface area contributed by atoms with Crippen molar-refractivity contribution in [2.24, 2.45) is 5.92 Å². The monoisotopic (exact) mass is 320 g/mol. The molecule has 3 rings (SSSR count). The van der Waals surface area contributed by atoms with E-state index in [4.69, 9.17) is 4.52 Å². The molecule has 23 heavy (non-hydrogen) atoms. The average molecular weight is 320 g/mol. The van der Waals surface area contributed by atoms with Gasteiger partial charge in [-0.3, -0.25) is 9.59 Å². The van der Waals surface area contributed by atoms with Crippen LogP contribution in [0.25, 0.3) is 0 Å². The normalized spacial score (nSPS) is 25.0. The molecule has 126 valence electrons. The van der Waals surface area contributed by atoms with E-state index in [0.717, 1.165) is 62.7 Å². The standard InChI is InChI=1S/C17H24N2O4/c20-16(15-12-8-5-6-10-14(12)23-19-15)18-13-9-4-2-1-3-7-11(13)17(21)22/h11,13H,1-10H2,(H,18,20)(H,21,22). The molecule has 0 aliphatic heterocycles. The third-order valence-electron chi connectivity index (χ3n) is 5.06. The third kappa shape index (κ3) is 3.57. The van der Waals surface area contributed by atoms with Crippen molar-refractivity contribution in [1.82, 2.24) is 10.5 Å². The molecule has 2 N–H and O–H groups in total. The van der Waals surface area contributed by atoms with E-state index < -0.39 is 11.9 Å². The number of hydrogen-bond donors (Lipinski definition) is 2. The van der Waals surface area contributed by atoms with E-state index in [1.54, 1.807) is 0 Å². The van der Waals surface area contributed by atoms with Crippen LogP contribution < -0.4 is 5.32 Å². The summed E-state index contributed by atoms with van der Waals surface area (Å²) >= 11 is 0. The second-order valence-corrected chi connectivity index (χ2v) is 6.66. The first-order valence-electron chi connectivity index (χ1n) is 8.68. The van der Waals surface area contributed by atoms with Crippen LogP contribution in [0, 0.1) is 5.92 Å². The molecule has 1 saturated carbocycles. The highest BCUT2D eigenvalue weighted by Gasteiger charge is 2.32. The van der Waals surface area contributed by atoms with E-state index in [1.165, 1.54) is 0 Å². The maximum absolute atomic E-state index is 12.6. The Hall–Kier alpha value is -1.85. The van der Waals surface area contributed by atoms with Gasteiger partial charge in [-0.25, -0.2) is 0 Å². The smallest absolute Gasteiger partial charge is 0.308 e. The summed E-state index contributed by atoms with van der Waals surface area (Å²) in [5.74, 6) is -0.802. The number of aromatic nitrogens is 1. The highest BCUT2D eigenvalue weighted by Crippen LogP contribution is 2.26. The Kier molecular flexibility index (Phi) is 4.98. The molecule has 0 bridgehead atoms. The first kappa shape index (κ1) is 16.0. The van der Waals surface area contributed by atoms with Gasteiger partial charge in [-0.15, -0.1) is 0 Å². The van der Waals surface area contributed by atoms with Gasteiger partial charge in [-0.1, -0.05) is 30.8 Å². The molecule has 0 aromatic carbocycles. The van der Waals surface area contributed by atoms with E-state index in [2.05, 4.69) is 10.5 Å². The Bertz CT molecular complexity index is 581. The molecule has 1 amide bonds. The quantitative estimate of drug-likeness (QED) is 0.893. The molecular weight excluding hydrogens is 296 g/mol. The van der Waals surface area contributed by atoms with Crippen molar-refractivity contribution in [2.45, 2.75) is 70.3 Å². The second-order valence-electron chi connectivity index (χ2n) is 6.66. The number of amides is 1. The summed E-state index contributed by atoms with van der Waals surface area (Å²) in [6, 6.07) is -0.323. The summed E-state index contributed by atoms with van der Waals surface area (Å²) in [5.41, 5.74) is 1.26. The number of carboxylic acid groups (broad SMARTS) is 1. The van der Waals surface area contributed by atoms with E-state index in [1.807, 2.05) is 0 Å². The number of aliphatic carboxylic acids is 1. The van der Waals surface area contributed by atoms with E-state index in [-0.39, 0.29) is 11.9 Å². The Labute approximate surface area is 135 Å². The van der Waals surface area contributed by atoms with Gasteiger partial charge in [0.2, 0.25) is 0 Å². The SMILES string of the molecule is O=C(NC1CCCCCCC1C(=O)O)c1noc2c1CCCC2. The van der Waals surface area contributed by atoms with Gasteiger partial charge in [0.1, 0.15) is 5.76 Å². The Morgan fingerprint density at radius 3 is 2.57 bits per heavy atom. The number of nitrogens with zero attached hydrogens (tertiary/aromatic N) is 1. The van der Waals surface area contributed by atoms with Crippen molar-refractivity contribution in [3.05, 3.63) is 17.0 Å². The summed E-state index contributed by atoms with van der Waals surface area (Å²) in [6.45, 7) is 0. The maximum Gasteiger partial charge on any atom is 0.308 e. The van der Waals surface area contributed by atoms with Gasteiger partial charge >= 0.3 is 5.97 Å². The summed E-state index contributed by atoms with van der Waals surface area (Å²) in [6.07, 6.45) is 9.10. The van der Waals surface area contributed by atoms with Gasteiger partial charge in [0.05, 0.1) is 5.92 Å². The predicted molar refractivity (Wildman–Crippen MR) is 83.2 cm³/mol. The van der Waals surface area contributed by atoms with E-state index in [9.17, 15) is 14.7 Å². The van der Waals surface area contributed by atoms with Crippen molar-refractivity contribution in [3.8, 4) is 0 Å². The predicted octanol–water partition coefficient (Wildman–Crippen LogP) is 2.71. The van der Waals surface area contributed by atoms with Gasteiger partial charge < -0.3 is 14.9 Å². The van der Waals surface area contributed by atoms with Crippen molar-refractivity contribution in [3.63, 3.8) is 0 Å². The van der Waals surface area contributed by atoms with Crippen molar-refractivity contribution >= 4 is 11.9 Å². The van der Waals surface area contributed by atoms with Gasteiger partial charge in [-0.05, 0) is 32.1 Å². The lowest BCUT2D eigenvalue weighted by molar-refractivity contribution is -0.143. The number of aryl methyl sites for hydroxylation is 1. The molecule has 1 fully saturated rings. The third-order valence-corrected chi connectivity index (χ3v) is 5.06. The highest BCUT2D eigenvalue weighted by molar-refractivity contribution is 5.94. The van der Waals surface area contributed by atoms with Crippen LogP contribution in [0.1, 0.15) is 73.2 Å². The zero-order valence-electron chi connectivity index (χ0n) is 13.3. The number of nitrogens with one attached hydrogen (secondary N) is 1. The fourth-order valence-electron chi connectivity index (χ4n) is 3.75. The number of fused-ring (bicyclic) bond motifs is 1. The first-order valence-corrected chi connectivity index (χ1v) is 8.68. The van der Waals surface area contributed by atoms with Gasteiger partial charge in [0, 0.05) is 18.0 Å². The van der Waals surface area contributed by atoms with Crippen molar-refractivity contribution in [1.29, 1.82) is 0 Å². The molecule has 0 spiro atoms. The summed E-state index contributed by atoms with van der Waals surface area (Å²) in [5, 5.41) is 16.3. The molecule has 1 aromatic rings. The van der Waals surface area contributed by atoms with Crippen LogP contribution in [0.4, 0.5) is 0 Å². The lowest BCUT2D eigenvalue weighted by Crippen LogP contribution is -2.44. The molecule has 2 unspecified atom stereocenters. The minimum Gasteiger partial charge on any atom is -0.481 e. The Balaban J connectivity index is 1.74. The van der Waals surface area contributed by atoms with Gasteiger partial charge in [-0.2, -0.15) is 0 Å². The van der Waals surface area contributed by atoms with Crippen LogP contribution in [0.2, 0.25) is 0 Å². The fourth-order valence-corrected chi connectivity index (χ4v) is 3.75. The number of carbonyl (C=O) groups excluding carboxylic acids is 1. The van der Waals surface area contributed by atoms with Crippen molar-refractivity contribution < 1.29 is 19.2 Å². The zero-order valence-corrected chi connectivity index (χ0v) is 13.3. The molecule has 6 heteroatoms. The number of hydrogen-bond acceptors (Lipinski definition) is 4. The number of carboxylic acids is 1. The topological polar surface area (TPSA) is 92.4 Å². The van der Waals surface area contributed by atoms with E-state index >= 15 is 0 Å². The Morgan fingerprint density at radius 2 is 1.78 bits per heavy atom. The summed E-state index contributed by atoms with van der Waals surface area (Å²) < 4.78 is 5.29. The highest BCUT2D eigenvalue weighted by atomic mass is 16.5. The van der Waals surface area contributed by atoms with Crippen molar-refractivity contribution in [2.75, 3.05) is 0 Å². The van der Waals surface area contributed by atoms with Gasteiger partial charge in [0.25, 0.3) is 5.91 Å². The molecule has 0 saturated heterocycles. The summed E-state index contributed by atoms with van der Waals surface area (Å²) in [4.78, 5) is 24.1. The molecule has 0 radical (unpaired) electrons. The van der Waals surface area contributed by atoms with Crippen LogP contribution >= 0.6 is 0 Å². The van der Waals surface area contributed by atoms with E-state index in [0.29, 0.717) is 18.5 Å². The fraction of sp³-hybridized carbons (Fsp3) is 0.706. The minimum atomic E-state index is -0.820. The van der Waals surface area contributed by atoms with Gasteiger partial charge in [0.15, 0.2) is 5.69 Å². The Morgan fingerprint density at radius 1 is 1.04 bits per heavy atom. The number of rotatable bonds is 3. The molecule has 2 atom stereocenters. The maximum atomic E-state index is 12.6. The van der Waals surface area contributed by atoms with Crippen LogP contribution in [-0.4, -0.2) is 28.2 Å². The largest absolute Gasteiger partial charge is 0.481 e. The number of carbonyl (C=O) groups is 2.